The monoisotopic (exact) mass is 266 g/mol. The summed E-state index contributed by atoms with van der Waals surface area (Å²) < 4.78 is 0. The number of anilines is 2. The lowest BCUT2D eigenvalue weighted by atomic mass is 10.2. The van der Waals surface area contributed by atoms with E-state index in [1.165, 1.54) is 0 Å². The van der Waals surface area contributed by atoms with Crippen LogP contribution in [0.15, 0.2) is 6.07 Å². The normalized spacial score (nSPS) is 10.4. The number of nitrogens with zero attached hydrogens (tertiary/aromatic N) is 3. The molecular formula is C12H22N6O. The topological polar surface area (TPSA) is 96.2 Å². The van der Waals surface area contributed by atoms with E-state index in [9.17, 15) is 4.79 Å². The summed E-state index contributed by atoms with van der Waals surface area (Å²) in [5, 5.41) is 2.60. The zero-order valence-electron chi connectivity index (χ0n) is 11.9. The van der Waals surface area contributed by atoms with Crippen LogP contribution in [0.3, 0.4) is 0 Å². The first kappa shape index (κ1) is 15.2. The van der Waals surface area contributed by atoms with Crippen LogP contribution < -0.4 is 21.5 Å². The molecule has 4 N–H and O–H groups in total. The van der Waals surface area contributed by atoms with E-state index in [1.807, 2.05) is 25.7 Å². The van der Waals surface area contributed by atoms with Crippen LogP contribution >= 0.6 is 0 Å². The van der Waals surface area contributed by atoms with Crippen molar-refractivity contribution in [1.29, 1.82) is 0 Å². The third-order valence-electron chi connectivity index (χ3n) is 2.71. The van der Waals surface area contributed by atoms with Crippen LogP contribution in [0.2, 0.25) is 0 Å². The number of nitrogens with one attached hydrogen (secondary N) is 2. The maximum atomic E-state index is 11.5. The summed E-state index contributed by atoms with van der Waals surface area (Å²) in [7, 11) is 1.61. The van der Waals surface area contributed by atoms with Crippen molar-refractivity contribution >= 4 is 17.5 Å². The molecule has 7 heteroatoms. The van der Waals surface area contributed by atoms with Crippen LogP contribution in [0.1, 0.15) is 32.5 Å². The van der Waals surface area contributed by atoms with Gasteiger partial charge in [0.1, 0.15) is 17.5 Å². The molecule has 0 radical (unpaired) electrons. The predicted molar refractivity (Wildman–Crippen MR) is 75.9 cm³/mol. The Morgan fingerprint density at radius 2 is 2.16 bits per heavy atom. The van der Waals surface area contributed by atoms with Crippen molar-refractivity contribution in [2.45, 2.75) is 26.7 Å². The average Bonchev–Trinajstić information content (AvgIpc) is 2.43. The first-order chi connectivity index (χ1) is 9.01. The molecule has 0 saturated carbocycles. The number of carbonyl (C=O) groups is 1. The second-order valence-electron chi connectivity index (χ2n) is 4.46. The van der Waals surface area contributed by atoms with E-state index >= 15 is 0 Å². The Morgan fingerprint density at radius 3 is 2.63 bits per heavy atom. The van der Waals surface area contributed by atoms with Crippen LogP contribution in [-0.4, -0.2) is 36.0 Å². The Bertz CT molecular complexity index is 434. The smallest absolute Gasteiger partial charge is 0.239 e. The number of rotatable bonds is 6. The van der Waals surface area contributed by atoms with E-state index in [1.54, 1.807) is 13.1 Å². The van der Waals surface area contributed by atoms with E-state index in [-0.39, 0.29) is 18.4 Å². The van der Waals surface area contributed by atoms with Crippen LogP contribution in [0.5, 0.6) is 0 Å². The molecule has 0 bridgehead atoms. The molecule has 0 atom stereocenters. The van der Waals surface area contributed by atoms with Gasteiger partial charge in [-0.3, -0.25) is 4.79 Å². The maximum Gasteiger partial charge on any atom is 0.239 e. The average molecular weight is 266 g/mol. The summed E-state index contributed by atoms with van der Waals surface area (Å²) in [5.74, 6) is 7.48. The Kier molecular flexibility index (Phi) is 5.50. The van der Waals surface area contributed by atoms with Gasteiger partial charge >= 0.3 is 0 Å². The molecule has 1 aromatic heterocycles. The molecule has 0 fully saturated rings. The van der Waals surface area contributed by atoms with E-state index in [0.717, 1.165) is 0 Å². The molecule has 7 nitrogen and oxygen atoms in total. The third kappa shape index (κ3) is 4.06. The predicted octanol–water partition coefficient (Wildman–Crippen LogP) is 0.458. The zero-order valence-corrected chi connectivity index (χ0v) is 11.9. The van der Waals surface area contributed by atoms with Crippen molar-refractivity contribution in [3.8, 4) is 0 Å². The fourth-order valence-electron chi connectivity index (χ4n) is 1.55. The molecule has 0 unspecified atom stereocenters. The molecule has 0 aliphatic carbocycles. The first-order valence-corrected chi connectivity index (χ1v) is 6.32. The largest absolute Gasteiger partial charge is 0.358 e. The Labute approximate surface area is 113 Å². The van der Waals surface area contributed by atoms with Crippen molar-refractivity contribution in [2.75, 3.05) is 30.5 Å². The van der Waals surface area contributed by atoms with Gasteiger partial charge < -0.3 is 15.6 Å². The standard InChI is InChI=1S/C12H22N6O/c1-5-18(7-11(19)14-4)10-6-9(17-13)15-12(16-10)8(2)3/h6,8H,5,7,13H2,1-4H3,(H,14,19)(H,15,16,17). The number of hydrazine groups is 1. The van der Waals surface area contributed by atoms with Gasteiger partial charge in [-0.15, -0.1) is 0 Å². The third-order valence-corrected chi connectivity index (χ3v) is 2.71. The highest BCUT2D eigenvalue weighted by molar-refractivity contribution is 5.80. The summed E-state index contributed by atoms with van der Waals surface area (Å²) in [4.78, 5) is 22.1. The van der Waals surface area contributed by atoms with Gasteiger partial charge in [-0.2, -0.15) is 0 Å². The SMILES string of the molecule is CCN(CC(=O)NC)c1cc(NN)nc(C(C)C)n1. The van der Waals surface area contributed by atoms with Crippen molar-refractivity contribution < 1.29 is 4.79 Å². The lowest BCUT2D eigenvalue weighted by molar-refractivity contribution is -0.119. The highest BCUT2D eigenvalue weighted by Gasteiger charge is 2.14. The number of hydrogen-bond acceptors (Lipinski definition) is 6. The van der Waals surface area contributed by atoms with E-state index in [2.05, 4.69) is 20.7 Å². The van der Waals surface area contributed by atoms with Gasteiger partial charge in [0.2, 0.25) is 5.91 Å². The van der Waals surface area contributed by atoms with E-state index in [0.29, 0.717) is 24.0 Å². The molecule has 0 spiro atoms. The summed E-state index contributed by atoms with van der Waals surface area (Å²) in [6.45, 7) is 6.91. The number of nitrogens with two attached hydrogens (primary N) is 1. The van der Waals surface area contributed by atoms with Gasteiger partial charge in [-0.1, -0.05) is 13.8 Å². The molecule has 1 amide bonds. The Hall–Kier alpha value is -1.89. The highest BCUT2D eigenvalue weighted by atomic mass is 16.1. The summed E-state index contributed by atoms with van der Waals surface area (Å²) in [6.07, 6.45) is 0. The van der Waals surface area contributed by atoms with Crippen molar-refractivity contribution in [3.63, 3.8) is 0 Å². The molecule has 1 rings (SSSR count). The van der Waals surface area contributed by atoms with Gasteiger partial charge in [0.15, 0.2) is 0 Å². The Morgan fingerprint density at radius 1 is 1.47 bits per heavy atom. The quantitative estimate of drug-likeness (QED) is 0.511. The molecule has 1 heterocycles. The zero-order chi connectivity index (χ0) is 14.4. The van der Waals surface area contributed by atoms with Gasteiger partial charge in [-0.05, 0) is 6.92 Å². The second kappa shape index (κ2) is 6.89. The van der Waals surface area contributed by atoms with Gasteiger partial charge in [-0.25, -0.2) is 15.8 Å². The molecular weight excluding hydrogens is 244 g/mol. The van der Waals surface area contributed by atoms with Gasteiger partial charge in [0, 0.05) is 25.6 Å². The van der Waals surface area contributed by atoms with Crippen molar-refractivity contribution in [2.24, 2.45) is 5.84 Å². The number of likely N-dealkylation sites (N-methyl/N-ethyl adjacent to an activating group) is 2. The lowest BCUT2D eigenvalue weighted by Crippen LogP contribution is -2.36. The highest BCUT2D eigenvalue weighted by Crippen LogP contribution is 2.19. The molecule has 0 aliphatic rings. The number of amides is 1. The molecule has 0 saturated heterocycles. The van der Waals surface area contributed by atoms with Crippen molar-refractivity contribution in [1.82, 2.24) is 15.3 Å². The minimum Gasteiger partial charge on any atom is -0.358 e. The Balaban J connectivity index is 3.08. The number of hydrogen-bond donors (Lipinski definition) is 3. The molecule has 0 aliphatic heterocycles. The van der Waals surface area contributed by atoms with Gasteiger partial charge in [0.25, 0.3) is 0 Å². The van der Waals surface area contributed by atoms with Crippen LogP contribution in [-0.2, 0) is 4.79 Å². The lowest BCUT2D eigenvalue weighted by Gasteiger charge is -2.22. The molecule has 1 aromatic rings. The second-order valence-corrected chi connectivity index (χ2v) is 4.46. The summed E-state index contributed by atoms with van der Waals surface area (Å²) >= 11 is 0. The number of carbonyl (C=O) groups excluding carboxylic acids is 1. The van der Waals surface area contributed by atoms with Crippen molar-refractivity contribution in [3.05, 3.63) is 11.9 Å². The van der Waals surface area contributed by atoms with Crippen LogP contribution in [0.4, 0.5) is 11.6 Å². The van der Waals surface area contributed by atoms with Crippen LogP contribution in [0, 0.1) is 0 Å². The number of aromatic nitrogens is 2. The van der Waals surface area contributed by atoms with E-state index in [4.69, 9.17) is 5.84 Å². The van der Waals surface area contributed by atoms with Crippen LogP contribution in [0.25, 0.3) is 0 Å². The fourth-order valence-corrected chi connectivity index (χ4v) is 1.55. The minimum absolute atomic E-state index is 0.0613. The fraction of sp³-hybridized carbons (Fsp3) is 0.583. The van der Waals surface area contributed by atoms with E-state index < -0.39 is 0 Å². The number of nitrogen functional groups attached to an aromatic ring is 1. The summed E-state index contributed by atoms with van der Waals surface area (Å²) in [6, 6.07) is 1.73. The van der Waals surface area contributed by atoms with Gasteiger partial charge in [0.05, 0.1) is 6.54 Å². The maximum absolute atomic E-state index is 11.5. The molecule has 106 valence electrons. The summed E-state index contributed by atoms with van der Waals surface area (Å²) in [5.41, 5.74) is 2.53. The molecule has 0 aromatic carbocycles. The first-order valence-electron chi connectivity index (χ1n) is 6.32. The molecule has 19 heavy (non-hydrogen) atoms. The minimum atomic E-state index is -0.0613.